The Morgan fingerprint density at radius 3 is 2.68 bits per heavy atom. The molecule has 1 N–H and O–H groups in total. The quantitative estimate of drug-likeness (QED) is 0.758. The molecule has 1 amide bonds. The maximum atomic E-state index is 14.1. The Morgan fingerprint density at radius 1 is 1.32 bits per heavy atom. The summed E-state index contributed by atoms with van der Waals surface area (Å²) in [6.45, 7) is 3.87. The molecule has 8 heteroatoms. The second-order valence-corrected chi connectivity index (χ2v) is 5.72. The number of amides is 1. The fourth-order valence-electron chi connectivity index (χ4n) is 2.63. The number of piperazine rings is 1. The number of nitrogens with zero attached hydrogens (tertiary/aromatic N) is 1. The molecule has 0 aliphatic carbocycles. The van der Waals surface area contributed by atoms with Crippen molar-refractivity contribution in [3.63, 3.8) is 0 Å². The van der Waals surface area contributed by atoms with E-state index < -0.39 is 24.3 Å². The molecule has 1 aliphatic heterocycles. The van der Waals surface area contributed by atoms with Crippen LogP contribution >= 0.6 is 0 Å². The van der Waals surface area contributed by atoms with E-state index in [9.17, 15) is 13.6 Å². The standard InChI is InChI=1S/C17H24F2N2O4/c1-3-12-10-20-4-5-21(12)17(22)25-11-14-15(18)8-13(9-16(14)19)24-7-6-23-2/h8-9,12,20H,3-7,10-11H2,1-2H3/t12-/m1/s1. The molecule has 1 saturated heterocycles. The Labute approximate surface area is 146 Å². The van der Waals surface area contributed by atoms with Gasteiger partial charge < -0.3 is 24.4 Å². The Kier molecular flexibility index (Phi) is 7.39. The summed E-state index contributed by atoms with van der Waals surface area (Å²) in [6.07, 6.45) is 0.214. The van der Waals surface area contributed by atoms with Crippen LogP contribution in [0.15, 0.2) is 12.1 Å². The smallest absolute Gasteiger partial charge is 0.410 e. The Balaban J connectivity index is 1.96. The summed E-state index contributed by atoms with van der Waals surface area (Å²) < 4.78 is 43.3. The van der Waals surface area contributed by atoms with Crippen LogP contribution in [-0.4, -0.2) is 57.0 Å². The van der Waals surface area contributed by atoms with Crippen LogP contribution in [0.2, 0.25) is 0 Å². The summed E-state index contributed by atoms with van der Waals surface area (Å²) >= 11 is 0. The maximum Gasteiger partial charge on any atom is 0.410 e. The number of rotatable bonds is 7. The fraction of sp³-hybridized carbons (Fsp3) is 0.588. The van der Waals surface area contributed by atoms with Crippen molar-refractivity contribution in [3.8, 4) is 5.75 Å². The first-order valence-corrected chi connectivity index (χ1v) is 8.30. The third-order valence-corrected chi connectivity index (χ3v) is 4.07. The van der Waals surface area contributed by atoms with E-state index in [4.69, 9.17) is 14.2 Å². The highest BCUT2D eigenvalue weighted by Gasteiger charge is 2.26. The van der Waals surface area contributed by atoms with Gasteiger partial charge in [-0.1, -0.05) is 6.92 Å². The lowest BCUT2D eigenvalue weighted by Gasteiger charge is -2.34. The summed E-state index contributed by atoms with van der Waals surface area (Å²) in [5.74, 6) is -1.56. The van der Waals surface area contributed by atoms with E-state index in [0.717, 1.165) is 18.6 Å². The molecule has 6 nitrogen and oxygen atoms in total. The highest BCUT2D eigenvalue weighted by atomic mass is 19.1. The van der Waals surface area contributed by atoms with E-state index in [0.29, 0.717) is 26.2 Å². The SMILES string of the molecule is CC[C@@H]1CNCCN1C(=O)OCc1c(F)cc(OCCOC)cc1F. The van der Waals surface area contributed by atoms with Gasteiger partial charge in [-0.2, -0.15) is 0 Å². The van der Waals surface area contributed by atoms with Crippen molar-refractivity contribution in [1.82, 2.24) is 10.2 Å². The molecule has 2 rings (SSSR count). The lowest BCUT2D eigenvalue weighted by atomic mass is 10.1. The zero-order valence-corrected chi connectivity index (χ0v) is 14.5. The van der Waals surface area contributed by atoms with Gasteiger partial charge in [-0.3, -0.25) is 0 Å². The van der Waals surface area contributed by atoms with Crippen molar-refractivity contribution in [3.05, 3.63) is 29.3 Å². The van der Waals surface area contributed by atoms with Crippen molar-refractivity contribution in [2.45, 2.75) is 26.0 Å². The topological polar surface area (TPSA) is 60.0 Å². The van der Waals surface area contributed by atoms with Gasteiger partial charge >= 0.3 is 6.09 Å². The molecule has 1 atom stereocenters. The zero-order chi connectivity index (χ0) is 18.2. The third kappa shape index (κ3) is 5.27. The van der Waals surface area contributed by atoms with Crippen molar-refractivity contribution < 1.29 is 27.8 Å². The molecule has 0 aromatic heterocycles. The number of carbonyl (C=O) groups excluding carboxylic acids is 1. The highest BCUT2D eigenvalue weighted by Crippen LogP contribution is 2.22. The van der Waals surface area contributed by atoms with E-state index >= 15 is 0 Å². The van der Waals surface area contributed by atoms with Crippen LogP contribution in [0.25, 0.3) is 0 Å². The lowest BCUT2D eigenvalue weighted by Crippen LogP contribution is -2.53. The van der Waals surface area contributed by atoms with Crippen LogP contribution in [-0.2, 0) is 16.1 Å². The van der Waals surface area contributed by atoms with Crippen LogP contribution in [0.1, 0.15) is 18.9 Å². The lowest BCUT2D eigenvalue weighted by molar-refractivity contribution is 0.0698. The van der Waals surface area contributed by atoms with E-state index in [2.05, 4.69) is 5.32 Å². The van der Waals surface area contributed by atoms with Gasteiger partial charge in [0, 0.05) is 44.9 Å². The molecule has 25 heavy (non-hydrogen) atoms. The number of hydrogen-bond acceptors (Lipinski definition) is 5. The van der Waals surface area contributed by atoms with Gasteiger partial charge in [0.1, 0.15) is 30.6 Å². The molecule has 1 fully saturated rings. The second-order valence-electron chi connectivity index (χ2n) is 5.72. The van der Waals surface area contributed by atoms with Crippen LogP contribution in [0.5, 0.6) is 5.75 Å². The minimum absolute atomic E-state index is 0.0208. The predicted molar refractivity (Wildman–Crippen MR) is 87.6 cm³/mol. The van der Waals surface area contributed by atoms with E-state index in [1.54, 1.807) is 4.90 Å². The molecule has 0 spiro atoms. The van der Waals surface area contributed by atoms with Crippen molar-refractivity contribution in [1.29, 1.82) is 0 Å². The molecule has 1 aromatic carbocycles. The van der Waals surface area contributed by atoms with Gasteiger partial charge in [0.05, 0.1) is 12.2 Å². The highest BCUT2D eigenvalue weighted by molar-refractivity contribution is 5.68. The Bertz CT molecular complexity index is 563. The molecular weight excluding hydrogens is 334 g/mol. The number of methoxy groups -OCH3 is 1. The number of carbonyl (C=O) groups is 1. The average molecular weight is 358 g/mol. The summed E-state index contributed by atoms with van der Waals surface area (Å²) in [6, 6.07) is 2.16. The van der Waals surface area contributed by atoms with Gasteiger partial charge in [-0.15, -0.1) is 0 Å². The number of benzene rings is 1. The maximum absolute atomic E-state index is 14.1. The minimum Gasteiger partial charge on any atom is -0.491 e. The summed E-state index contributed by atoms with van der Waals surface area (Å²) in [4.78, 5) is 13.8. The van der Waals surface area contributed by atoms with Gasteiger partial charge in [0.2, 0.25) is 0 Å². The van der Waals surface area contributed by atoms with Crippen LogP contribution in [0.3, 0.4) is 0 Å². The zero-order valence-electron chi connectivity index (χ0n) is 14.5. The molecule has 1 aromatic rings. The van der Waals surface area contributed by atoms with E-state index in [1.807, 2.05) is 6.92 Å². The first-order chi connectivity index (χ1) is 12.1. The van der Waals surface area contributed by atoms with E-state index in [1.165, 1.54) is 7.11 Å². The monoisotopic (exact) mass is 358 g/mol. The van der Waals surface area contributed by atoms with Crippen molar-refractivity contribution >= 4 is 6.09 Å². The number of hydrogen-bond donors (Lipinski definition) is 1. The minimum atomic E-state index is -0.812. The summed E-state index contributed by atoms with van der Waals surface area (Å²) in [5.41, 5.74) is -0.296. The summed E-state index contributed by atoms with van der Waals surface area (Å²) in [5, 5.41) is 3.20. The summed E-state index contributed by atoms with van der Waals surface area (Å²) in [7, 11) is 1.50. The van der Waals surface area contributed by atoms with Crippen molar-refractivity contribution in [2.75, 3.05) is 40.0 Å². The first kappa shape index (κ1) is 19.4. The first-order valence-electron chi connectivity index (χ1n) is 8.30. The van der Waals surface area contributed by atoms with Crippen LogP contribution < -0.4 is 10.1 Å². The molecule has 1 aliphatic rings. The normalized spacial score (nSPS) is 17.4. The molecule has 0 bridgehead atoms. The molecule has 0 saturated carbocycles. The largest absolute Gasteiger partial charge is 0.491 e. The van der Waals surface area contributed by atoms with Gasteiger partial charge in [-0.25, -0.2) is 13.6 Å². The number of nitrogens with one attached hydrogen (secondary N) is 1. The molecule has 140 valence electrons. The van der Waals surface area contributed by atoms with E-state index in [-0.39, 0.29) is 24.0 Å². The van der Waals surface area contributed by atoms with Gasteiger partial charge in [0.25, 0.3) is 0 Å². The number of halogens is 2. The number of ether oxygens (including phenoxy) is 3. The van der Waals surface area contributed by atoms with Crippen LogP contribution in [0.4, 0.5) is 13.6 Å². The Hall–Kier alpha value is -1.93. The average Bonchev–Trinajstić information content (AvgIpc) is 2.61. The molecular formula is C17H24F2N2O4. The molecule has 0 unspecified atom stereocenters. The fourth-order valence-corrected chi connectivity index (χ4v) is 2.63. The molecule has 0 radical (unpaired) electrons. The Morgan fingerprint density at radius 2 is 2.04 bits per heavy atom. The van der Waals surface area contributed by atoms with Gasteiger partial charge in [-0.05, 0) is 6.42 Å². The van der Waals surface area contributed by atoms with Crippen LogP contribution in [0, 0.1) is 11.6 Å². The second kappa shape index (κ2) is 9.53. The predicted octanol–water partition coefficient (Wildman–Crippen LogP) is 2.31. The molecule has 1 heterocycles. The third-order valence-electron chi connectivity index (χ3n) is 4.07. The van der Waals surface area contributed by atoms with Gasteiger partial charge in [0.15, 0.2) is 0 Å². The van der Waals surface area contributed by atoms with Crippen molar-refractivity contribution in [2.24, 2.45) is 0 Å².